The van der Waals surface area contributed by atoms with Crippen LogP contribution in [0, 0.1) is 6.92 Å². The van der Waals surface area contributed by atoms with Crippen LogP contribution in [0.4, 0.5) is 0 Å². The maximum atomic E-state index is 11.4. The van der Waals surface area contributed by atoms with Crippen molar-refractivity contribution in [2.75, 3.05) is 6.61 Å². The van der Waals surface area contributed by atoms with Gasteiger partial charge in [-0.2, -0.15) is 5.10 Å². The molecule has 0 fully saturated rings. The minimum atomic E-state index is 0.0692. The zero-order valence-electron chi connectivity index (χ0n) is 18.1. The van der Waals surface area contributed by atoms with Crippen molar-refractivity contribution in [1.29, 1.82) is 0 Å². The number of carbonyl (C=O) groups excluding carboxylic acids is 1. The van der Waals surface area contributed by atoms with Crippen molar-refractivity contribution >= 4 is 40.9 Å². The number of halogens is 2. The highest BCUT2D eigenvalue weighted by atomic mass is 35.5. The third kappa shape index (κ3) is 5.32. The third-order valence-electron chi connectivity index (χ3n) is 5.23. The Kier molecular flexibility index (Phi) is 7.94. The van der Waals surface area contributed by atoms with E-state index in [0.717, 1.165) is 16.8 Å². The molecule has 166 valence electrons. The molecule has 0 saturated heterocycles. The highest BCUT2D eigenvalue weighted by Crippen LogP contribution is 2.35. The van der Waals surface area contributed by atoms with Crippen LogP contribution in [0.1, 0.15) is 42.1 Å². The van der Waals surface area contributed by atoms with Crippen molar-refractivity contribution in [2.45, 2.75) is 33.3 Å². The predicted octanol–water partition coefficient (Wildman–Crippen LogP) is 5.95. The first kappa shape index (κ1) is 23.8. The monoisotopic (exact) mass is 470 g/mol. The van der Waals surface area contributed by atoms with Gasteiger partial charge in [0, 0.05) is 51.7 Å². The number of aliphatic hydroxyl groups excluding tert-OH is 1. The molecule has 1 heterocycles. The summed E-state index contributed by atoms with van der Waals surface area (Å²) >= 11 is 12.7. The number of aliphatic hydroxyl groups is 1. The first-order chi connectivity index (χ1) is 15.3. The fourth-order valence-electron chi connectivity index (χ4n) is 3.40. The summed E-state index contributed by atoms with van der Waals surface area (Å²) < 4.78 is 7.60. The van der Waals surface area contributed by atoms with Crippen molar-refractivity contribution in [3.05, 3.63) is 86.7 Å². The van der Waals surface area contributed by atoms with Crippen molar-refractivity contribution in [2.24, 2.45) is 0 Å². The van der Waals surface area contributed by atoms with E-state index in [1.54, 1.807) is 42.2 Å². The second-order valence-corrected chi connectivity index (χ2v) is 8.34. The van der Waals surface area contributed by atoms with Crippen LogP contribution >= 0.6 is 23.2 Å². The third-order valence-corrected chi connectivity index (χ3v) is 5.86. The van der Waals surface area contributed by atoms with E-state index >= 15 is 0 Å². The van der Waals surface area contributed by atoms with Crippen molar-refractivity contribution < 1.29 is 14.6 Å². The summed E-state index contributed by atoms with van der Waals surface area (Å²) in [4.78, 5) is 11.4. The Morgan fingerprint density at radius 3 is 2.59 bits per heavy atom. The molecule has 0 amide bonds. The summed E-state index contributed by atoms with van der Waals surface area (Å²) in [6, 6.07) is 12.8. The van der Waals surface area contributed by atoms with E-state index in [0.29, 0.717) is 32.5 Å². The van der Waals surface area contributed by atoms with Crippen LogP contribution in [0.15, 0.2) is 54.2 Å². The number of ether oxygens (including phenoxy) is 1. The molecule has 1 N–H and O–H groups in total. The van der Waals surface area contributed by atoms with Crippen molar-refractivity contribution in [3.8, 4) is 5.75 Å². The van der Waals surface area contributed by atoms with E-state index in [1.807, 2.05) is 44.1 Å². The zero-order chi connectivity index (χ0) is 23.3. The SMILES string of the molecule is CC(=C=O)/C(=C\n1nccc1COc1ccc(C(C)CO)c(C)c1)c1c(Cl)cccc1Cl. The highest BCUT2D eigenvalue weighted by molar-refractivity contribution is 6.38. The summed E-state index contributed by atoms with van der Waals surface area (Å²) in [5.74, 6) is 2.71. The van der Waals surface area contributed by atoms with Crippen LogP contribution < -0.4 is 4.74 Å². The van der Waals surface area contributed by atoms with Gasteiger partial charge in [-0.1, -0.05) is 42.3 Å². The Hall–Kier alpha value is -2.82. The number of hydrogen-bond donors (Lipinski definition) is 1. The van der Waals surface area contributed by atoms with Gasteiger partial charge in [-0.15, -0.1) is 0 Å². The molecule has 0 radical (unpaired) electrons. The molecule has 32 heavy (non-hydrogen) atoms. The van der Waals surface area contributed by atoms with Gasteiger partial charge in [-0.25, -0.2) is 9.48 Å². The quantitative estimate of drug-likeness (QED) is 0.326. The molecule has 7 heteroatoms. The number of allylic oxidation sites excluding steroid dienone is 2. The number of aromatic nitrogens is 2. The molecular formula is C25H24Cl2N2O3. The Morgan fingerprint density at radius 2 is 1.97 bits per heavy atom. The fourth-order valence-corrected chi connectivity index (χ4v) is 4.00. The Balaban J connectivity index is 1.89. The van der Waals surface area contributed by atoms with Crippen LogP contribution in [0.2, 0.25) is 10.0 Å². The van der Waals surface area contributed by atoms with E-state index in [9.17, 15) is 9.90 Å². The average Bonchev–Trinajstić information content (AvgIpc) is 3.22. The minimum Gasteiger partial charge on any atom is -0.487 e. The van der Waals surface area contributed by atoms with E-state index < -0.39 is 0 Å². The van der Waals surface area contributed by atoms with Gasteiger partial charge in [-0.05, 0) is 55.3 Å². The lowest BCUT2D eigenvalue weighted by molar-refractivity contribution is 0.272. The van der Waals surface area contributed by atoms with Crippen molar-refractivity contribution in [1.82, 2.24) is 9.78 Å². The van der Waals surface area contributed by atoms with E-state index in [1.165, 1.54) is 0 Å². The molecule has 3 rings (SSSR count). The molecule has 0 aliphatic heterocycles. The fraction of sp³-hybridized carbons (Fsp3) is 0.240. The molecule has 2 aromatic carbocycles. The average molecular weight is 471 g/mol. The van der Waals surface area contributed by atoms with Gasteiger partial charge in [0.25, 0.3) is 0 Å². The summed E-state index contributed by atoms with van der Waals surface area (Å²) in [7, 11) is 0. The first-order valence-electron chi connectivity index (χ1n) is 10.1. The normalized spacial score (nSPS) is 12.4. The summed E-state index contributed by atoms with van der Waals surface area (Å²) in [5, 5.41) is 14.6. The van der Waals surface area contributed by atoms with Crippen LogP contribution in [-0.2, 0) is 11.4 Å². The second-order valence-electron chi connectivity index (χ2n) is 7.52. The van der Waals surface area contributed by atoms with E-state index in [-0.39, 0.29) is 19.1 Å². The maximum absolute atomic E-state index is 11.4. The van der Waals surface area contributed by atoms with Crippen LogP contribution in [0.5, 0.6) is 5.75 Å². The number of benzene rings is 2. The Labute approximate surface area is 197 Å². The Bertz CT molecular complexity index is 1170. The van der Waals surface area contributed by atoms with Gasteiger partial charge in [-0.3, -0.25) is 0 Å². The minimum absolute atomic E-state index is 0.0692. The lowest BCUT2D eigenvalue weighted by atomic mass is 9.97. The highest BCUT2D eigenvalue weighted by Gasteiger charge is 2.15. The largest absolute Gasteiger partial charge is 0.487 e. The molecule has 1 atom stereocenters. The lowest BCUT2D eigenvalue weighted by Crippen LogP contribution is -2.05. The van der Waals surface area contributed by atoms with E-state index in [4.69, 9.17) is 27.9 Å². The number of aryl methyl sites for hydroxylation is 1. The number of nitrogens with zero attached hydrogens (tertiary/aromatic N) is 2. The van der Waals surface area contributed by atoms with Crippen LogP contribution in [-0.4, -0.2) is 27.4 Å². The first-order valence-corrected chi connectivity index (χ1v) is 10.9. The molecule has 0 spiro atoms. The van der Waals surface area contributed by atoms with Gasteiger partial charge in [0.1, 0.15) is 18.3 Å². The van der Waals surface area contributed by atoms with Crippen LogP contribution in [0.3, 0.4) is 0 Å². The van der Waals surface area contributed by atoms with Gasteiger partial charge in [0.05, 0.1) is 5.69 Å². The zero-order valence-corrected chi connectivity index (χ0v) is 19.6. The van der Waals surface area contributed by atoms with Crippen molar-refractivity contribution in [3.63, 3.8) is 0 Å². The molecule has 1 aromatic heterocycles. The molecule has 1 unspecified atom stereocenters. The molecule has 0 bridgehead atoms. The number of hydrogen-bond acceptors (Lipinski definition) is 4. The Morgan fingerprint density at radius 1 is 1.25 bits per heavy atom. The van der Waals surface area contributed by atoms with E-state index in [2.05, 4.69) is 5.10 Å². The molecule has 0 saturated carbocycles. The smallest absolute Gasteiger partial charge is 0.130 e. The lowest BCUT2D eigenvalue weighted by Gasteiger charge is -2.14. The summed E-state index contributed by atoms with van der Waals surface area (Å²) in [6.45, 7) is 5.98. The molecule has 3 aromatic rings. The van der Waals surface area contributed by atoms with Gasteiger partial charge < -0.3 is 9.84 Å². The van der Waals surface area contributed by atoms with Gasteiger partial charge >= 0.3 is 0 Å². The molecule has 0 aliphatic carbocycles. The second kappa shape index (κ2) is 10.7. The van der Waals surface area contributed by atoms with Crippen LogP contribution in [0.25, 0.3) is 11.8 Å². The summed E-state index contributed by atoms with van der Waals surface area (Å²) in [6.07, 6.45) is 3.35. The summed E-state index contributed by atoms with van der Waals surface area (Å²) in [5.41, 5.74) is 4.34. The molecule has 5 nitrogen and oxygen atoms in total. The standard InChI is InChI=1S/C25H24Cl2N2O3/c1-16-11-20(7-8-21(16)17(2)13-30)32-15-19-9-10-28-29(19)12-22(18(3)14-31)25-23(26)5-4-6-24(25)27/h4-12,17,30H,13,15H2,1-3H3/b22-12+. The maximum Gasteiger partial charge on any atom is 0.130 e. The predicted molar refractivity (Wildman–Crippen MR) is 129 cm³/mol. The molecule has 0 aliphatic rings. The molecular weight excluding hydrogens is 447 g/mol. The topological polar surface area (TPSA) is 64.4 Å². The van der Waals surface area contributed by atoms with Gasteiger partial charge in [0.2, 0.25) is 0 Å². The number of rotatable bonds is 8. The van der Waals surface area contributed by atoms with Gasteiger partial charge in [0.15, 0.2) is 0 Å².